The van der Waals surface area contributed by atoms with Crippen molar-refractivity contribution in [1.29, 1.82) is 0 Å². The monoisotopic (exact) mass is 301 g/mol. The van der Waals surface area contributed by atoms with Crippen molar-refractivity contribution in [2.24, 2.45) is 0 Å². The van der Waals surface area contributed by atoms with Crippen LogP contribution in [0, 0.1) is 5.82 Å². The second-order valence-corrected chi connectivity index (χ2v) is 7.75. The first-order chi connectivity index (χ1) is 9.28. The summed E-state index contributed by atoms with van der Waals surface area (Å²) in [5, 5.41) is 0. The van der Waals surface area contributed by atoms with Crippen LogP contribution in [-0.4, -0.2) is 37.2 Å². The lowest BCUT2D eigenvalue weighted by atomic mass is 10.0. The summed E-state index contributed by atoms with van der Waals surface area (Å²) in [6.07, 6.45) is -0.564. The molecule has 4 nitrogen and oxygen atoms in total. The summed E-state index contributed by atoms with van der Waals surface area (Å²) >= 11 is 0. The van der Waals surface area contributed by atoms with Crippen LogP contribution in [-0.2, 0) is 14.8 Å². The van der Waals surface area contributed by atoms with Crippen molar-refractivity contribution in [3.8, 4) is 0 Å². The predicted octanol–water partition coefficient (Wildman–Crippen LogP) is 2.33. The lowest BCUT2D eigenvalue weighted by Crippen LogP contribution is -2.56. The van der Waals surface area contributed by atoms with Crippen molar-refractivity contribution in [3.63, 3.8) is 0 Å². The van der Waals surface area contributed by atoms with Gasteiger partial charge in [0.2, 0.25) is 10.0 Å². The molecular weight excluding hydrogens is 281 g/mol. The molecule has 0 aliphatic carbocycles. The van der Waals surface area contributed by atoms with Gasteiger partial charge in [-0.25, -0.2) is 12.8 Å². The number of rotatable bonds is 3. The van der Waals surface area contributed by atoms with Gasteiger partial charge >= 0.3 is 0 Å². The van der Waals surface area contributed by atoms with Crippen molar-refractivity contribution in [3.05, 3.63) is 35.6 Å². The lowest BCUT2D eigenvalue weighted by molar-refractivity contribution is -0.0667. The van der Waals surface area contributed by atoms with Gasteiger partial charge in [-0.3, -0.25) is 0 Å². The van der Waals surface area contributed by atoms with E-state index in [4.69, 9.17) is 4.74 Å². The molecule has 0 aromatic heterocycles. The molecule has 1 aromatic rings. The molecule has 112 valence electrons. The Kier molecular flexibility index (Phi) is 4.18. The Balaban J connectivity index is 2.32. The van der Waals surface area contributed by atoms with Crippen LogP contribution < -0.4 is 0 Å². The minimum atomic E-state index is -3.35. The van der Waals surface area contributed by atoms with Gasteiger partial charge in [0, 0.05) is 12.1 Å². The summed E-state index contributed by atoms with van der Waals surface area (Å²) < 4.78 is 45.4. The molecule has 1 aliphatic heterocycles. The molecule has 2 rings (SSSR count). The maximum absolute atomic E-state index is 13.8. The number of halogens is 1. The Labute approximate surface area is 119 Å². The third-order valence-corrected chi connectivity index (χ3v) is 5.64. The molecule has 0 amide bonds. The average molecular weight is 301 g/mol. The molecule has 0 N–H and O–H groups in total. The van der Waals surface area contributed by atoms with E-state index in [1.807, 2.05) is 13.8 Å². The summed E-state index contributed by atoms with van der Waals surface area (Å²) in [5.41, 5.74) is -0.212. The van der Waals surface area contributed by atoms with Crippen LogP contribution in [0.4, 0.5) is 4.39 Å². The number of ether oxygens (including phenoxy) is 1. The number of hydrogen-bond donors (Lipinski definition) is 0. The number of benzene rings is 1. The molecule has 0 saturated carbocycles. The Bertz CT molecular complexity index is 586. The van der Waals surface area contributed by atoms with Crippen LogP contribution in [0.25, 0.3) is 0 Å². The van der Waals surface area contributed by atoms with E-state index in [1.54, 1.807) is 25.1 Å². The van der Waals surface area contributed by atoms with Gasteiger partial charge in [0.1, 0.15) is 5.82 Å². The van der Waals surface area contributed by atoms with E-state index in [9.17, 15) is 12.8 Å². The Morgan fingerprint density at radius 1 is 1.40 bits per heavy atom. The topological polar surface area (TPSA) is 46.6 Å². The van der Waals surface area contributed by atoms with E-state index in [-0.39, 0.29) is 24.7 Å². The Morgan fingerprint density at radius 3 is 2.65 bits per heavy atom. The van der Waals surface area contributed by atoms with Crippen LogP contribution in [0.15, 0.2) is 24.3 Å². The summed E-state index contributed by atoms with van der Waals surface area (Å²) in [7, 11) is -3.35. The Hall–Kier alpha value is -0.980. The van der Waals surface area contributed by atoms with Gasteiger partial charge in [-0.2, -0.15) is 4.31 Å². The van der Waals surface area contributed by atoms with Crippen LogP contribution >= 0.6 is 0 Å². The van der Waals surface area contributed by atoms with Crippen LogP contribution in [0.2, 0.25) is 0 Å². The largest absolute Gasteiger partial charge is 0.370 e. The van der Waals surface area contributed by atoms with E-state index < -0.39 is 21.7 Å². The van der Waals surface area contributed by atoms with Crippen molar-refractivity contribution >= 4 is 10.0 Å². The van der Waals surface area contributed by atoms with Gasteiger partial charge in [-0.05, 0) is 26.8 Å². The smallest absolute Gasteiger partial charge is 0.214 e. The maximum atomic E-state index is 13.8. The fourth-order valence-electron chi connectivity index (χ4n) is 2.40. The first-order valence-electron chi connectivity index (χ1n) is 6.64. The zero-order valence-corrected chi connectivity index (χ0v) is 12.8. The molecule has 1 aromatic carbocycles. The van der Waals surface area contributed by atoms with Crippen molar-refractivity contribution < 1.29 is 17.5 Å². The van der Waals surface area contributed by atoms with Gasteiger partial charge in [0.15, 0.2) is 0 Å². The highest BCUT2D eigenvalue weighted by atomic mass is 32.2. The standard InChI is InChI=1S/C14H20FNO3S/c1-4-20(17,18)16-9-13(19-10-14(16,2)3)11-7-5-6-8-12(11)15/h5-8,13H,4,9-10H2,1-3H3. The Morgan fingerprint density at radius 2 is 2.05 bits per heavy atom. The molecule has 0 bridgehead atoms. The third kappa shape index (κ3) is 2.87. The molecule has 20 heavy (non-hydrogen) atoms. The molecule has 1 atom stereocenters. The minimum absolute atomic E-state index is 0.0282. The van der Waals surface area contributed by atoms with Crippen LogP contribution in [0.1, 0.15) is 32.4 Å². The lowest BCUT2D eigenvalue weighted by Gasteiger charge is -2.44. The van der Waals surface area contributed by atoms with Gasteiger partial charge < -0.3 is 4.74 Å². The summed E-state index contributed by atoms with van der Waals surface area (Å²) in [6, 6.07) is 6.32. The zero-order chi connectivity index (χ0) is 15.0. The second kappa shape index (κ2) is 5.42. The second-order valence-electron chi connectivity index (χ2n) is 5.57. The number of nitrogens with zero attached hydrogens (tertiary/aromatic N) is 1. The number of morpholine rings is 1. The van der Waals surface area contributed by atoms with E-state index in [2.05, 4.69) is 0 Å². The van der Waals surface area contributed by atoms with Gasteiger partial charge in [0.25, 0.3) is 0 Å². The van der Waals surface area contributed by atoms with Gasteiger partial charge in [-0.15, -0.1) is 0 Å². The third-order valence-electron chi connectivity index (χ3n) is 3.60. The zero-order valence-electron chi connectivity index (χ0n) is 12.0. The molecule has 1 fully saturated rings. The highest BCUT2D eigenvalue weighted by Crippen LogP contribution is 2.33. The van der Waals surface area contributed by atoms with E-state index >= 15 is 0 Å². The quantitative estimate of drug-likeness (QED) is 0.861. The number of sulfonamides is 1. The van der Waals surface area contributed by atoms with Gasteiger partial charge in [0.05, 0.1) is 24.0 Å². The molecule has 6 heteroatoms. The van der Waals surface area contributed by atoms with Gasteiger partial charge in [-0.1, -0.05) is 18.2 Å². The van der Waals surface area contributed by atoms with Crippen molar-refractivity contribution in [2.75, 3.05) is 18.9 Å². The molecule has 0 spiro atoms. The summed E-state index contributed by atoms with van der Waals surface area (Å²) in [5.74, 6) is -0.341. The number of hydrogen-bond acceptors (Lipinski definition) is 3. The fraction of sp³-hybridized carbons (Fsp3) is 0.571. The van der Waals surface area contributed by atoms with E-state index in [0.29, 0.717) is 5.56 Å². The van der Waals surface area contributed by atoms with E-state index in [1.165, 1.54) is 10.4 Å². The average Bonchev–Trinajstić information content (AvgIpc) is 2.39. The summed E-state index contributed by atoms with van der Waals surface area (Å²) in [4.78, 5) is 0. The highest BCUT2D eigenvalue weighted by Gasteiger charge is 2.42. The molecule has 1 saturated heterocycles. The van der Waals surface area contributed by atoms with Crippen molar-refractivity contribution in [2.45, 2.75) is 32.4 Å². The normalized spacial score (nSPS) is 23.7. The fourth-order valence-corrected chi connectivity index (χ4v) is 3.88. The molecule has 1 unspecified atom stereocenters. The predicted molar refractivity (Wildman–Crippen MR) is 75.3 cm³/mol. The molecular formula is C14H20FNO3S. The molecule has 1 heterocycles. The van der Waals surface area contributed by atoms with Crippen molar-refractivity contribution in [1.82, 2.24) is 4.31 Å². The first kappa shape index (κ1) is 15.4. The summed E-state index contributed by atoms with van der Waals surface area (Å²) in [6.45, 7) is 5.63. The van der Waals surface area contributed by atoms with Crippen LogP contribution in [0.3, 0.4) is 0 Å². The molecule has 1 aliphatic rings. The van der Waals surface area contributed by atoms with E-state index in [0.717, 1.165) is 0 Å². The van der Waals surface area contributed by atoms with Crippen LogP contribution in [0.5, 0.6) is 0 Å². The molecule has 0 radical (unpaired) electrons. The minimum Gasteiger partial charge on any atom is -0.370 e. The SMILES string of the molecule is CCS(=O)(=O)N1CC(c2ccccc2F)OCC1(C)C. The maximum Gasteiger partial charge on any atom is 0.214 e. The first-order valence-corrected chi connectivity index (χ1v) is 8.25. The highest BCUT2D eigenvalue weighted by molar-refractivity contribution is 7.89.